The molecular weight excluding hydrogens is 433 g/mol. The average Bonchev–Trinajstić information content (AvgIpc) is 3.34. The second-order valence-electron chi connectivity index (χ2n) is 9.14. The predicted molar refractivity (Wildman–Crippen MR) is 120 cm³/mol. The maximum absolute atomic E-state index is 13.0. The number of benzene rings is 1. The molecule has 0 fully saturated rings. The van der Waals surface area contributed by atoms with Crippen molar-refractivity contribution in [2.45, 2.75) is 46.2 Å². The molecule has 0 N–H and O–H groups in total. The summed E-state index contributed by atoms with van der Waals surface area (Å²) in [4.78, 5) is 5.73. The van der Waals surface area contributed by atoms with E-state index in [2.05, 4.69) is 31.8 Å². The maximum Gasteiger partial charge on any atom is 0.416 e. The van der Waals surface area contributed by atoms with Crippen LogP contribution < -0.4 is 0 Å². The molecule has 3 nitrogen and oxygen atoms in total. The van der Waals surface area contributed by atoms with Gasteiger partial charge >= 0.3 is 6.18 Å². The molecule has 0 aliphatic heterocycles. The van der Waals surface area contributed by atoms with E-state index in [1.165, 1.54) is 17.2 Å². The maximum atomic E-state index is 13.0. The van der Waals surface area contributed by atoms with Crippen molar-refractivity contribution < 1.29 is 17.6 Å². The number of furan rings is 1. The first kappa shape index (κ1) is 22.3. The van der Waals surface area contributed by atoms with Crippen LogP contribution in [0.2, 0.25) is 0 Å². The van der Waals surface area contributed by atoms with Crippen molar-refractivity contribution in [1.29, 1.82) is 5.26 Å². The van der Waals surface area contributed by atoms with Crippen molar-refractivity contribution in [3.63, 3.8) is 0 Å². The van der Waals surface area contributed by atoms with Gasteiger partial charge in [0.1, 0.15) is 22.6 Å². The van der Waals surface area contributed by atoms with Gasteiger partial charge in [-0.2, -0.15) is 18.4 Å². The summed E-state index contributed by atoms with van der Waals surface area (Å²) >= 11 is 1.55. The molecule has 166 valence electrons. The first-order valence-corrected chi connectivity index (χ1v) is 11.2. The number of thiophene rings is 1. The number of rotatable bonds is 3. The minimum absolute atomic E-state index is 0.214. The van der Waals surface area contributed by atoms with Crippen LogP contribution in [0.1, 0.15) is 54.5 Å². The molecule has 0 spiro atoms. The highest BCUT2D eigenvalue weighted by molar-refractivity contribution is 7.16. The minimum Gasteiger partial charge on any atom is -0.455 e. The molecule has 3 aromatic rings. The predicted octanol–water partition coefficient (Wildman–Crippen LogP) is 7.80. The van der Waals surface area contributed by atoms with Gasteiger partial charge in [-0.1, -0.05) is 32.9 Å². The van der Waals surface area contributed by atoms with Crippen molar-refractivity contribution in [1.82, 2.24) is 0 Å². The smallest absolute Gasteiger partial charge is 0.416 e. The van der Waals surface area contributed by atoms with E-state index < -0.39 is 11.7 Å². The second kappa shape index (κ2) is 8.25. The van der Waals surface area contributed by atoms with Crippen LogP contribution in [0.3, 0.4) is 0 Å². The summed E-state index contributed by atoms with van der Waals surface area (Å²) in [6, 6.07) is 10.6. The number of fused-ring (bicyclic) bond motifs is 1. The van der Waals surface area contributed by atoms with Crippen LogP contribution in [-0.4, -0.2) is 6.21 Å². The standard InChI is InChI=1S/C25H23F3N2OS/c1-24(2,3)16-7-9-19-20(13-29)23(32-22(19)12-16)30-14-18-8-10-21(31-18)15-5-4-6-17(11-15)25(26,27)28/h4-6,8,10-11,14,16H,7,9,12H2,1-3H3/t16-/m1/s1. The molecular formula is C25H23F3N2OS. The summed E-state index contributed by atoms with van der Waals surface area (Å²) in [5.41, 5.74) is 1.56. The highest BCUT2D eigenvalue weighted by atomic mass is 32.1. The van der Waals surface area contributed by atoms with E-state index in [0.29, 0.717) is 33.6 Å². The molecule has 4 rings (SSSR count). The lowest BCUT2D eigenvalue weighted by Crippen LogP contribution is -2.26. The normalized spacial score (nSPS) is 16.8. The SMILES string of the molecule is CC(C)(C)[C@@H]1CCc2c(sc(N=Cc3ccc(-c4cccc(C(F)(F)F)c4)o3)c2C#N)C1. The van der Waals surface area contributed by atoms with Gasteiger partial charge in [-0.05, 0) is 60.4 Å². The molecule has 0 saturated heterocycles. The third-order valence-electron chi connectivity index (χ3n) is 5.99. The number of alkyl halides is 3. The Hall–Kier alpha value is -2.85. The Balaban J connectivity index is 1.58. The second-order valence-corrected chi connectivity index (χ2v) is 10.2. The van der Waals surface area contributed by atoms with Crippen molar-refractivity contribution in [3.8, 4) is 17.4 Å². The highest BCUT2D eigenvalue weighted by Crippen LogP contribution is 2.45. The number of nitriles is 1. The monoisotopic (exact) mass is 456 g/mol. The third kappa shape index (κ3) is 4.51. The van der Waals surface area contributed by atoms with Gasteiger partial charge in [0, 0.05) is 10.4 Å². The van der Waals surface area contributed by atoms with Crippen molar-refractivity contribution >= 4 is 22.6 Å². The summed E-state index contributed by atoms with van der Waals surface area (Å²) in [5, 5.41) is 10.4. The summed E-state index contributed by atoms with van der Waals surface area (Å²) in [6.45, 7) is 6.75. The van der Waals surface area contributed by atoms with E-state index in [-0.39, 0.29) is 5.41 Å². The Morgan fingerprint density at radius 2 is 1.97 bits per heavy atom. The van der Waals surface area contributed by atoms with Crippen molar-refractivity contribution in [2.75, 3.05) is 0 Å². The fourth-order valence-electron chi connectivity index (χ4n) is 4.07. The minimum atomic E-state index is -4.41. The molecule has 0 saturated carbocycles. The van der Waals surface area contributed by atoms with Gasteiger partial charge in [-0.15, -0.1) is 11.3 Å². The molecule has 1 atom stereocenters. The Morgan fingerprint density at radius 1 is 1.19 bits per heavy atom. The summed E-state index contributed by atoms with van der Waals surface area (Å²) in [5.74, 6) is 1.31. The zero-order valence-corrected chi connectivity index (χ0v) is 18.9. The molecule has 0 amide bonds. The van der Waals surface area contributed by atoms with Crippen molar-refractivity contribution in [3.05, 3.63) is 63.7 Å². The lowest BCUT2D eigenvalue weighted by Gasteiger charge is -2.33. The number of hydrogen-bond acceptors (Lipinski definition) is 4. The summed E-state index contributed by atoms with van der Waals surface area (Å²) < 4.78 is 44.6. The summed E-state index contributed by atoms with van der Waals surface area (Å²) in [6.07, 6.45) is 0.00568. The van der Waals surface area contributed by atoms with Crippen LogP contribution >= 0.6 is 11.3 Å². The topological polar surface area (TPSA) is 49.3 Å². The van der Waals surface area contributed by atoms with Crippen LogP contribution in [-0.2, 0) is 19.0 Å². The fourth-order valence-corrected chi connectivity index (χ4v) is 5.29. The zero-order valence-electron chi connectivity index (χ0n) is 18.1. The molecule has 0 radical (unpaired) electrons. The van der Waals surface area contributed by atoms with Gasteiger partial charge in [0.2, 0.25) is 0 Å². The Kier molecular flexibility index (Phi) is 5.76. The van der Waals surface area contributed by atoms with E-state index in [1.807, 2.05) is 0 Å². The number of halogens is 3. The van der Waals surface area contributed by atoms with Crippen LogP contribution in [0, 0.1) is 22.7 Å². The molecule has 0 bridgehead atoms. The molecule has 2 heterocycles. The lowest BCUT2D eigenvalue weighted by molar-refractivity contribution is -0.137. The van der Waals surface area contributed by atoms with Gasteiger partial charge in [0.05, 0.1) is 17.3 Å². The third-order valence-corrected chi connectivity index (χ3v) is 7.16. The molecule has 32 heavy (non-hydrogen) atoms. The largest absolute Gasteiger partial charge is 0.455 e. The van der Waals surface area contributed by atoms with Crippen LogP contribution in [0.15, 0.2) is 45.8 Å². The quantitative estimate of drug-likeness (QED) is 0.378. The summed E-state index contributed by atoms with van der Waals surface area (Å²) in [7, 11) is 0. The first-order chi connectivity index (χ1) is 15.1. The van der Waals surface area contributed by atoms with Gasteiger partial charge in [0.15, 0.2) is 0 Å². The number of hydrogen-bond donors (Lipinski definition) is 0. The zero-order chi connectivity index (χ0) is 23.1. The van der Waals surface area contributed by atoms with E-state index in [1.54, 1.807) is 29.5 Å². The molecule has 2 aromatic heterocycles. The van der Waals surface area contributed by atoms with Crippen LogP contribution in [0.4, 0.5) is 18.2 Å². The van der Waals surface area contributed by atoms with Crippen molar-refractivity contribution in [2.24, 2.45) is 16.3 Å². The van der Waals surface area contributed by atoms with Gasteiger partial charge in [-0.25, -0.2) is 4.99 Å². The van der Waals surface area contributed by atoms with E-state index in [4.69, 9.17) is 4.42 Å². The number of aliphatic imine (C=N–C) groups is 1. The fraction of sp³-hybridized carbons (Fsp3) is 0.360. The van der Waals surface area contributed by atoms with E-state index in [0.717, 1.165) is 37.0 Å². The lowest BCUT2D eigenvalue weighted by atomic mass is 9.72. The Morgan fingerprint density at radius 3 is 2.66 bits per heavy atom. The molecule has 1 aromatic carbocycles. The van der Waals surface area contributed by atoms with E-state index in [9.17, 15) is 18.4 Å². The highest BCUT2D eigenvalue weighted by Gasteiger charge is 2.32. The molecule has 1 aliphatic carbocycles. The average molecular weight is 457 g/mol. The van der Waals surface area contributed by atoms with Crippen LogP contribution in [0.25, 0.3) is 11.3 Å². The van der Waals surface area contributed by atoms with Gasteiger partial charge in [-0.3, -0.25) is 0 Å². The first-order valence-electron chi connectivity index (χ1n) is 10.4. The Labute approximate surface area is 189 Å². The molecule has 1 aliphatic rings. The Bertz CT molecular complexity index is 1210. The molecule has 0 unspecified atom stereocenters. The van der Waals surface area contributed by atoms with Gasteiger partial charge < -0.3 is 4.42 Å². The van der Waals surface area contributed by atoms with Crippen LogP contribution in [0.5, 0.6) is 0 Å². The number of nitrogens with zero attached hydrogens (tertiary/aromatic N) is 2. The molecule has 7 heteroatoms. The van der Waals surface area contributed by atoms with Gasteiger partial charge in [0.25, 0.3) is 0 Å². The van der Waals surface area contributed by atoms with E-state index >= 15 is 0 Å².